The van der Waals surface area contributed by atoms with Crippen LogP contribution in [0.15, 0.2) is 0 Å². The molecule has 0 aromatic carbocycles. The molecule has 2 heterocycles. The fourth-order valence-electron chi connectivity index (χ4n) is 2.76. The molecule has 1 atom stereocenters. The Morgan fingerprint density at radius 3 is 1.88 bits per heavy atom. The summed E-state index contributed by atoms with van der Waals surface area (Å²) in [6.45, 7) is 21.0. The lowest BCUT2D eigenvalue weighted by atomic mass is 9.84. The molecule has 2 saturated heterocycles. The molecule has 0 aromatic rings. The van der Waals surface area contributed by atoms with Gasteiger partial charge in [-0.15, -0.1) is 0 Å². The molecule has 146 valence electrons. The van der Waals surface area contributed by atoms with Crippen molar-refractivity contribution in [3.05, 3.63) is 0 Å². The zero-order valence-corrected chi connectivity index (χ0v) is 17.3. The Kier molecular flexibility index (Phi) is 14.5. The van der Waals surface area contributed by atoms with Crippen LogP contribution in [0, 0.1) is 5.92 Å². The molecule has 0 amide bonds. The van der Waals surface area contributed by atoms with Crippen LogP contribution in [0.3, 0.4) is 0 Å². The summed E-state index contributed by atoms with van der Waals surface area (Å²) in [6.07, 6.45) is 1.86. The van der Waals surface area contributed by atoms with Crippen LogP contribution >= 0.6 is 0 Å². The average molecular weight is 347 g/mol. The topological polar surface area (TPSA) is 64.0 Å². The van der Waals surface area contributed by atoms with E-state index in [4.69, 9.17) is 5.11 Å². The van der Waals surface area contributed by atoms with Crippen molar-refractivity contribution in [2.24, 2.45) is 5.92 Å². The first-order chi connectivity index (χ1) is 11.3. The van der Waals surface area contributed by atoms with Gasteiger partial charge in [-0.3, -0.25) is 9.69 Å². The number of likely N-dealkylation sites (tertiary alicyclic amines) is 2. The molecule has 5 heteroatoms. The van der Waals surface area contributed by atoms with E-state index in [-0.39, 0.29) is 6.04 Å². The lowest BCUT2D eigenvalue weighted by Gasteiger charge is -2.44. The number of aliphatic carboxylic acids is 1. The normalized spacial score (nSPS) is 21.3. The van der Waals surface area contributed by atoms with Crippen molar-refractivity contribution in [3.63, 3.8) is 0 Å². The highest BCUT2D eigenvalue weighted by Crippen LogP contribution is 2.25. The van der Waals surface area contributed by atoms with E-state index in [1.54, 1.807) is 0 Å². The number of carboxylic acid groups (broad SMARTS) is 1. The van der Waals surface area contributed by atoms with E-state index in [1.165, 1.54) is 0 Å². The number of hydrogen-bond donors (Lipinski definition) is 2. The monoisotopic (exact) mass is 346 g/mol. The van der Waals surface area contributed by atoms with Gasteiger partial charge in [0.15, 0.2) is 0 Å². The van der Waals surface area contributed by atoms with E-state index in [1.807, 2.05) is 53.4 Å². The van der Waals surface area contributed by atoms with Crippen LogP contribution in [0.4, 0.5) is 0 Å². The Balaban J connectivity index is 0. The summed E-state index contributed by atoms with van der Waals surface area (Å²) in [5, 5.41) is 18.2. The van der Waals surface area contributed by atoms with E-state index in [2.05, 4.69) is 11.8 Å². The van der Waals surface area contributed by atoms with Gasteiger partial charge >= 0.3 is 5.97 Å². The second-order valence-corrected chi connectivity index (χ2v) is 6.33. The van der Waals surface area contributed by atoms with Gasteiger partial charge in [0.05, 0.1) is 5.60 Å². The molecule has 5 nitrogen and oxygen atoms in total. The number of carboxylic acids is 1. The van der Waals surface area contributed by atoms with Gasteiger partial charge in [-0.05, 0) is 46.3 Å². The minimum absolute atomic E-state index is 0.204. The van der Waals surface area contributed by atoms with E-state index in [9.17, 15) is 9.90 Å². The van der Waals surface area contributed by atoms with Gasteiger partial charge in [0, 0.05) is 19.0 Å². The predicted molar refractivity (Wildman–Crippen MR) is 103 cm³/mol. The molecular formula is C19H42N2O3. The Hall–Kier alpha value is -0.650. The maximum atomic E-state index is 10.5. The van der Waals surface area contributed by atoms with Crippen LogP contribution in [0.25, 0.3) is 0 Å². The molecule has 0 aromatic heterocycles. The highest BCUT2D eigenvalue weighted by molar-refractivity contribution is 5.73. The van der Waals surface area contributed by atoms with Crippen molar-refractivity contribution in [3.8, 4) is 0 Å². The zero-order chi connectivity index (χ0) is 19.3. The molecule has 2 aliphatic rings. The Morgan fingerprint density at radius 1 is 1.08 bits per heavy atom. The number of aliphatic hydroxyl groups is 1. The fraction of sp³-hybridized carbons (Fsp3) is 0.947. The largest absolute Gasteiger partial charge is 0.480 e. The number of likely N-dealkylation sites (N-methyl/N-ethyl adjacent to an activating group) is 1. The summed E-state index contributed by atoms with van der Waals surface area (Å²) in [7, 11) is 0. The smallest absolute Gasteiger partial charge is 0.320 e. The average Bonchev–Trinajstić information content (AvgIpc) is 2.98. The third-order valence-electron chi connectivity index (χ3n) is 4.46. The van der Waals surface area contributed by atoms with Gasteiger partial charge < -0.3 is 15.1 Å². The molecule has 2 N–H and O–H groups in total. The first-order valence-electron chi connectivity index (χ1n) is 9.71. The summed E-state index contributed by atoms with van der Waals surface area (Å²) in [5.41, 5.74) is -0.467. The lowest BCUT2D eigenvalue weighted by Crippen LogP contribution is -2.55. The van der Waals surface area contributed by atoms with E-state index in [0.717, 1.165) is 45.6 Å². The van der Waals surface area contributed by atoms with E-state index < -0.39 is 11.6 Å². The summed E-state index contributed by atoms with van der Waals surface area (Å²) >= 11 is 0. The Morgan fingerprint density at radius 2 is 1.58 bits per heavy atom. The number of hydrogen-bond acceptors (Lipinski definition) is 4. The van der Waals surface area contributed by atoms with Crippen molar-refractivity contribution in [2.75, 3.05) is 32.7 Å². The third kappa shape index (κ3) is 9.00. The second kappa shape index (κ2) is 13.6. The quantitative estimate of drug-likeness (QED) is 0.817. The van der Waals surface area contributed by atoms with Crippen LogP contribution in [-0.4, -0.2) is 70.3 Å². The molecule has 0 unspecified atom stereocenters. The van der Waals surface area contributed by atoms with Gasteiger partial charge in [0.2, 0.25) is 0 Å². The van der Waals surface area contributed by atoms with E-state index in [0.29, 0.717) is 5.92 Å². The Labute approximate surface area is 150 Å². The van der Waals surface area contributed by atoms with Gasteiger partial charge in [-0.25, -0.2) is 0 Å². The van der Waals surface area contributed by atoms with E-state index >= 15 is 0 Å². The van der Waals surface area contributed by atoms with Crippen LogP contribution in [-0.2, 0) is 4.79 Å². The maximum absolute atomic E-state index is 10.5. The highest BCUT2D eigenvalue weighted by Gasteiger charge is 2.36. The molecule has 0 radical (unpaired) electrons. The number of carbonyl (C=O) groups is 1. The summed E-state index contributed by atoms with van der Waals surface area (Å²) in [4.78, 5) is 14.9. The Bertz CT molecular complexity index is 310. The summed E-state index contributed by atoms with van der Waals surface area (Å²) < 4.78 is 0. The molecule has 2 fully saturated rings. The van der Waals surface area contributed by atoms with Crippen molar-refractivity contribution in [1.29, 1.82) is 0 Å². The van der Waals surface area contributed by atoms with Gasteiger partial charge in [-0.2, -0.15) is 0 Å². The molecule has 0 bridgehead atoms. The fourth-order valence-corrected chi connectivity index (χ4v) is 2.76. The van der Waals surface area contributed by atoms with Gasteiger partial charge in [-0.1, -0.05) is 41.5 Å². The van der Waals surface area contributed by atoms with Crippen molar-refractivity contribution in [1.82, 2.24) is 9.80 Å². The highest BCUT2D eigenvalue weighted by atomic mass is 16.4. The van der Waals surface area contributed by atoms with Gasteiger partial charge in [0.1, 0.15) is 6.04 Å². The molecule has 0 spiro atoms. The standard InChI is InChI=1S/C8H17NO.C7H13NO2.2C2H6/c1-4-9-5-7(6-9)8(2,3)10;1-2-8-5-3-4-6(8)7(9)10;2*1-2/h7,10H,4-6H2,1-3H3;6H,2-5H2,1H3,(H,9,10);2*1-2H3/t;6-;;/m.1../s1. The third-order valence-corrected chi connectivity index (χ3v) is 4.46. The van der Waals surface area contributed by atoms with Crippen LogP contribution < -0.4 is 0 Å². The minimum atomic E-state index is -0.667. The lowest BCUT2D eigenvalue weighted by molar-refractivity contribution is -0.142. The molecule has 24 heavy (non-hydrogen) atoms. The van der Waals surface area contributed by atoms with Crippen LogP contribution in [0.5, 0.6) is 0 Å². The maximum Gasteiger partial charge on any atom is 0.320 e. The molecular weight excluding hydrogens is 304 g/mol. The van der Waals surface area contributed by atoms with Crippen molar-refractivity contribution in [2.45, 2.75) is 79.9 Å². The molecule has 2 aliphatic heterocycles. The first kappa shape index (κ1) is 25.6. The second-order valence-electron chi connectivity index (χ2n) is 6.33. The summed E-state index contributed by atoms with van der Waals surface area (Å²) in [5.74, 6) is -0.174. The van der Waals surface area contributed by atoms with Crippen LogP contribution in [0.1, 0.15) is 68.2 Å². The predicted octanol–water partition coefficient (Wildman–Crippen LogP) is 3.32. The van der Waals surface area contributed by atoms with Crippen molar-refractivity contribution >= 4 is 5.97 Å². The number of rotatable bonds is 4. The van der Waals surface area contributed by atoms with Crippen molar-refractivity contribution < 1.29 is 15.0 Å². The molecule has 2 rings (SSSR count). The SMILES string of the molecule is CC.CC.CCN1CC(C(C)(C)O)C1.CCN1CCC[C@@H]1C(=O)O. The first-order valence-corrected chi connectivity index (χ1v) is 9.71. The number of nitrogens with zero attached hydrogens (tertiary/aromatic N) is 2. The minimum Gasteiger partial charge on any atom is -0.480 e. The zero-order valence-electron chi connectivity index (χ0n) is 17.3. The molecule has 0 saturated carbocycles. The summed E-state index contributed by atoms with van der Waals surface area (Å²) in [6, 6.07) is -0.204. The molecule has 0 aliphatic carbocycles. The van der Waals surface area contributed by atoms with Crippen LogP contribution in [0.2, 0.25) is 0 Å². The van der Waals surface area contributed by atoms with Gasteiger partial charge in [0.25, 0.3) is 0 Å².